The van der Waals surface area contributed by atoms with Crippen LogP contribution in [0.5, 0.6) is 5.75 Å². The summed E-state index contributed by atoms with van der Waals surface area (Å²) < 4.78 is 67.8. The number of ketones is 1. The van der Waals surface area contributed by atoms with Crippen molar-refractivity contribution in [1.82, 2.24) is 10.3 Å². The monoisotopic (exact) mass is 650 g/mol. The van der Waals surface area contributed by atoms with Gasteiger partial charge in [0.15, 0.2) is 0 Å². The van der Waals surface area contributed by atoms with E-state index in [1.807, 2.05) is 36.4 Å². The number of carbonyl (C=O) groups is 2. The zero-order valence-corrected chi connectivity index (χ0v) is 25.5. The fraction of sp³-hybridized carbons (Fsp3) is 0.424. The maximum absolute atomic E-state index is 15.0. The number of benzene rings is 2. The van der Waals surface area contributed by atoms with Crippen LogP contribution in [0, 0.1) is 5.82 Å². The first-order valence-corrected chi connectivity index (χ1v) is 15.0. The Balaban J connectivity index is 1.33. The summed E-state index contributed by atoms with van der Waals surface area (Å²) in [5.41, 5.74) is 2.70. The van der Waals surface area contributed by atoms with E-state index in [1.165, 1.54) is 13.3 Å². The molecule has 1 N–H and O–H groups in total. The van der Waals surface area contributed by atoms with Crippen LogP contribution in [-0.2, 0) is 31.9 Å². The highest BCUT2D eigenvalue weighted by Gasteiger charge is 2.29. The molecule has 242 valence electrons. The van der Waals surface area contributed by atoms with Gasteiger partial charge in [0, 0.05) is 31.5 Å². The molecule has 2 heterocycles. The smallest absolute Gasteiger partial charge is 0.389 e. The second-order valence-electron chi connectivity index (χ2n) is 10.9. The zero-order chi connectivity index (χ0) is 32.4. The van der Waals surface area contributed by atoms with E-state index in [9.17, 15) is 27.2 Å². The van der Waals surface area contributed by atoms with Crippen LogP contribution in [0.3, 0.4) is 0 Å². The summed E-state index contributed by atoms with van der Waals surface area (Å²) in [5, 5.41) is 3.59. The van der Waals surface area contributed by atoms with Gasteiger partial charge in [0.25, 0.3) is 0 Å². The minimum absolute atomic E-state index is 0.00112. The largest absolute Gasteiger partial charge is 0.495 e. The second-order valence-corrected chi connectivity index (χ2v) is 11.3. The number of Topliss-reactive ketones (excluding diaryl/α,β-unsaturated/α-hetero) is 1. The molecule has 2 aromatic carbocycles. The number of morpholine rings is 1. The van der Waals surface area contributed by atoms with Crippen molar-refractivity contribution in [3.8, 4) is 5.75 Å². The molecule has 0 unspecified atom stereocenters. The fourth-order valence-corrected chi connectivity index (χ4v) is 5.50. The van der Waals surface area contributed by atoms with Crippen molar-refractivity contribution in [2.24, 2.45) is 0 Å². The fourth-order valence-electron chi connectivity index (χ4n) is 5.23. The number of hydrogen-bond acceptors (Lipinski definition) is 7. The maximum atomic E-state index is 15.0. The first-order chi connectivity index (χ1) is 21.5. The normalized spacial score (nSPS) is 17.5. The molecule has 45 heavy (non-hydrogen) atoms. The third-order valence-corrected chi connectivity index (χ3v) is 7.93. The minimum atomic E-state index is -4.42. The van der Waals surface area contributed by atoms with Gasteiger partial charge >= 0.3 is 12.1 Å². The summed E-state index contributed by atoms with van der Waals surface area (Å²) in [5.74, 6) is -1.26. The Morgan fingerprint density at radius 2 is 1.91 bits per heavy atom. The minimum Gasteiger partial charge on any atom is -0.495 e. The number of rotatable bonds is 14. The van der Waals surface area contributed by atoms with Crippen LogP contribution in [0.25, 0.3) is 0 Å². The Labute approximate surface area is 264 Å². The lowest BCUT2D eigenvalue weighted by molar-refractivity contribution is -0.158. The molecule has 0 radical (unpaired) electrons. The van der Waals surface area contributed by atoms with Crippen molar-refractivity contribution in [2.45, 2.75) is 62.8 Å². The van der Waals surface area contributed by atoms with Crippen molar-refractivity contribution in [3.63, 3.8) is 0 Å². The molecule has 4 rings (SSSR count). The van der Waals surface area contributed by atoms with Crippen LogP contribution in [0.1, 0.15) is 53.9 Å². The number of nitrogens with zero attached hydrogens (tertiary/aromatic N) is 1. The lowest BCUT2D eigenvalue weighted by Crippen LogP contribution is -2.49. The highest BCUT2D eigenvalue weighted by molar-refractivity contribution is 6.32. The van der Waals surface area contributed by atoms with Crippen molar-refractivity contribution in [3.05, 3.63) is 94.0 Å². The maximum Gasteiger partial charge on any atom is 0.389 e. The third-order valence-electron chi connectivity index (χ3n) is 7.64. The highest BCUT2D eigenvalue weighted by Crippen LogP contribution is 2.34. The summed E-state index contributed by atoms with van der Waals surface area (Å²) in [6, 6.07) is 14.7. The molecule has 0 bridgehead atoms. The molecule has 0 spiro atoms. The number of hydrogen-bond donors (Lipinski definition) is 1. The van der Waals surface area contributed by atoms with Gasteiger partial charge in [-0.25, -0.2) is 4.39 Å². The van der Waals surface area contributed by atoms with Crippen LogP contribution in [-0.4, -0.2) is 61.9 Å². The van der Waals surface area contributed by atoms with Gasteiger partial charge in [0.05, 0.1) is 49.9 Å². The van der Waals surface area contributed by atoms with Crippen molar-refractivity contribution >= 4 is 23.4 Å². The third kappa shape index (κ3) is 10.5. The van der Waals surface area contributed by atoms with Crippen LogP contribution in [0.4, 0.5) is 17.6 Å². The molecule has 1 saturated heterocycles. The van der Waals surface area contributed by atoms with E-state index in [1.54, 1.807) is 12.1 Å². The van der Waals surface area contributed by atoms with E-state index in [0.717, 1.165) is 17.3 Å². The molecule has 0 saturated carbocycles. The molecule has 0 amide bonds. The van der Waals surface area contributed by atoms with E-state index >= 15 is 0 Å². The highest BCUT2D eigenvalue weighted by atomic mass is 35.5. The SMILES string of the molecule is COc1ccc([C@H](CC(=O)Cc2cncc(F)c2CC[C@@H]2CN[C@H](COC(=O)CCC(F)(F)F)CO2)c2ccccc2)cc1Cl. The van der Waals surface area contributed by atoms with E-state index in [0.29, 0.717) is 41.3 Å². The van der Waals surface area contributed by atoms with Gasteiger partial charge in [-0.3, -0.25) is 14.6 Å². The molecule has 1 aromatic heterocycles. The lowest BCUT2D eigenvalue weighted by atomic mass is 9.85. The van der Waals surface area contributed by atoms with Gasteiger partial charge in [-0.05, 0) is 47.2 Å². The van der Waals surface area contributed by atoms with Crippen LogP contribution < -0.4 is 10.1 Å². The van der Waals surface area contributed by atoms with Crippen LogP contribution in [0.2, 0.25) is 5.02 Å². The number of methoxy groups -OCH3 is 1. The number of ether oxygens (including phenoxy) is 3. The van der Waals surface area contributed by atoms with Crippen LogP contribution in [0.15, 0.2) is 60.9 Å². The second kappa shape index (κ2) is 16.1. The number of alkyl halides is 3. The van der Waals surface area contributed by atoms with E-state index < -0.39 is 30.8 Å². The molecule has 3 atom stereocenters. The van der Waals surface area contributed by atoms with Gasteiger partial charge in [-0.15, -0.1) is 0 Å². The van der Waals surface area contributed by atoms with Crippen molar-refractivity contribution in [2.75, 3.05) is 26.9 Å². The quantitative estimate of drug-likeness (QED) is 0.160. The van der Waals surface area contributed by atoms with Gasteiger partial charge in [-0.1, -0.05) is 48.0 Å². The van der Waals surface area contributed by atoms with E-state index in [2.05, 4.69) is 10.3 Å². The summed E-state index contributed by atoms with van der Waals surface area (Å²) in [6.07, 6.45) is -3.10. The van der Waals surface area contributed by atoms with Gasteiger partial charge in [-0.2, -0.15) is 13.2 Å². The van der Waals surface area contributed by atoms with E-state index in [4.69, 9.17) is 25.8 Å². The zero-order valence-electron chi connectivity index (χ0n) is 24.7. The van der Waals surface area contributed by atoms with Crippen LogP contribution >= 0.6 is 11.6 Å². The van der Waals surface area contributed by atoms with Gasteiger partial charge in [0.2, 0.25) is 0 Å². The Bertz CT molecular complexity index is 1430. The Morgan fingerprint density at radius 3 is 2.58 bits per heavy atom. The predicted molar refractivity (Wildman–Crippen MR) is 160 cm³/mol. The molecule has 0 aliphatic carbocycles. The predicted octanol–water partition coefficient (Wildman–Crippen LogP) is 6.39. The number of esters is 1. The molecular formula is C33H35ClF4N2O5. The number of carbonyl (C=O) groups excluding carboxylic acids is 2. The molecule has 3 aromatic rings. The van der Waals surface area contributed by atoms with Crippen molar-refractivity contribution < 1.29 is 41.4 Å². The topological polar surface area (TPSA) is 86.8 Å². The average Bonchev–Trinajstić information content (AvgIpc) is 3.02. The standard InChI is InChI=1S/C33H35ClF4N2O5/c1-43-31-10-7-22(14-29(31)34)28(21-5-3-2-4-6-21)15-25(41)13-23-16-39-18-30(35)27(23)9-8-26-17-40-24(19-44-26)20-45-32(42)11-12-33(36,37)38/h2-7,10,14,16,18,24,26,28,40H,8-9,11-13,15,17,19-20H2,1H3/t24-,26+,28+/m0/s1. The summed E-state index contributed by atoms with van der Waals surface area (Å²) in [7, 11) is 1.53. The molecule has 1 aliphatic rings. The molecular weight excluding hydrogens is 616 g/mol. The number of aromatic nitrogens is 1. The molecule has 7 nitrogen and oxygen atoms in total. The Hall–Kier alpha value is -3.54. The molecule has 1 aliphatic heterocycles. The number of pyridine rings is 1. The lowest BCUT2D eigenvalue weighted by Gasteiger charge is -2.30. The Kier molecular flexibility index (Phi) is 12.3. The molecule has 12 heteroatoms. The van der Waals surface area contributed by atoms with Gasteiger partial charge < -0.3 is 19.5 Å². The molecule has 1 fully saturated rings. The van der Waals surface area contributed by atoms with Gasteiger partial charge in [0.1, 0.15) is 24.0 Å². The first-order valence-electron chi connectivity index (χ1n) is 14.6. The van der Waals surface area contributed by atoms with E-state index in [-0.39, 0.29) is 49.9 Å². The summed E-state index contributed by atoms with van der Waals surface area (Å²) >= 11 is 6.40. The number of nitrogens with one attached hydrogen (secondary N) is 1. The summed E-state index contributed by atoms with van der Waals surface area (Å²) in [6.45, 7) is 0.452. The van der Waals surface area contributed by atoms with Crippen molar-refractivity contribution in [1.29, 1.82) is 0 Å². The first kappa shape index (κ1) is 34.3. The summed E-state index contributed by atoms with van der Waals surface area (Å²) in [4.78, 5) is 29.0. The number of halogens is 5. The Morgan fingerprint density at radius 1 is 1.13 bits per heavy atom. The average molecular weight is 651 g/mol.